The molecule has 0 saturated heterocycles. The van der Waals surface area contributed by atoms with Crippen molar-refractivity contribution >= 4 is 33.3 Å². The number of aliphatic hydroxyl groups excluding tert-OH is 1. The van der Waals surface area contributed by atoms with Crippen LogP contribution in [-0.2, 0) is 25.9 Å². The number of hydrogen-bond acceptors (Lipinski definition) is 6. The van der Waals surface area contributed by atoms with Crippen LogP contribution >= 0.6 is 11.6 Å². The molecule has 0 saturated carbocycles. The minimum Gasteiger partial charge on any atom is -0.502 e. The van der Waals surface area contributed by atoms with Crippen LogP contribution in [0.3, 0.4) is 0 Å². The summed E-state index contributed by atoms with van der Waals surface area (Å²) < 4.78 is 32.1. The standard InChI is InChI=1S/C26H22ClNO6S/c1-16-3-13-21(14-4-16)35(32,33)24-22(18-7-9-19(10-8-18)26(31)34-2)28(25(30)23(24)29)15-17-5-11-20(27)12-6-17/h3-14,22,29H,15H2,1-2H3/t22-/m1/s1. The summed E-state index contributed by atoms with van der Waals surface area (Å²) in [5, 5.41) is 11.3. The first-order chi connectivity index (χ1) is 16.6. The van der Waals surface area contributed by atoms with Crippen molar-refractivity contribution in [2.24, 2.45) is 0 Å². The fraction of sp³-hybridized carbons (Fsp3) is 0.154. The lowest BCUT2D eigenvalue weighted by Gasteiger charge is -2.27. The maximum atomic E-state index is 13.7. The number of rotatable bonds is 6. The van der Waals surface area contributed by atoms with Crippen molar-refractivity contribution in [2.75, 3.05) is 7.11 Å². The Balaban J connectivity index is 1.84. The molecule has 1 heterocycles. The number of nitrogens with zero attached hydrogens (tertiary/aromatic N) is 1. The van der Waals surface area contributed by atoms with E-state index in [1.165, 1.54) is 36.3 Å². The topological polar surface area (TPSA) is 101 Å². The fourth-order valence-electron chi connectivity index (χ4n) is 3.95. The Morgan fingerprint density at radius 3 is 2.17 bits per heavy atom. The predicted octanol–water partition coefficient (Wildman–Crippen LogP) is 4.76. The van der Waals surface area contributed by atoms with Gasteiger partial charge in [0.2, 0.25) is 9.84 Å². The summed E-state index contributed by atoms with van der Waals surface area (Å²) in [5.41, 5.74) is 2.24. The number of carbonyl (C=O) groups is 2. The fourth-order valence-corrected chi connectivity index (χ4v) is 5.72. The Bertz CT molecular complexity index is 1410. The van der Waals surface area contributed by atoms with Gasteiger partial charge in [0, 0.05) is 11.6 Å². The Morgan fingerprint density at radius 1 is 1.00 bits per heavy atom. The first-order valence-corrected chi connectivity index (χ1v) is 12.5. The molecule has 180 valence electrons. The van der Waals surface area contributed by atoms with E-state index in [4.69, 9.17) is 16.3 Å². The highest BCUT2D eigenvalue weighted by molar-refractivity contribution is 7.95. The lowest BCUT2D eigenvalue weighted by atomic mass is 10.0. The molecule has 0 unspecified atom stereocenters. The van der Waals surface area contributed by atoms with E-state index in [2.05, 4.69) is 0 Å². The van der Waals surface area contributed by atoms with Crippen molar-refractivity contribution in [3.8, 4) is 0 Å². The van der Waals surface area contributed by atoms with Crippen molar-refractivity contribution in [1.29, 1.82) is 0 Å². The summed E-state index contributed by atoms with van der Waals surface area (Å²) >= 11 is 5.97. The van der Waals surface area contributed by atoms with Crippen molar-refractivity contribution < 1.29 is 27.9 Å². The molecule has 0 aromatic heterocycles. The van der Waals surface area contributed by atoms with E-state index in [-0.39, 0.29) is 17.0 Å². The Hall–Kier alpha value is -3.62. The average Bonchev–Trinajstić information content (AvgIpc) is 3.10. The van der Waals surface area contributed by atoms with Crippen molar-refractivity contribution in [3.05, 3.63) is 111 Å². The van der Waals surface area contributed by atoms with Crippen molar-refractivity contribution in [1.82, 2.24) is 4.90 Å². The van der Waals surface area contributed by atoms with Gasteiger partial charge in [-0.1, -0.05) is 53.6 Å². The summed E-state index contributed by atoms with van der Waals surface area (Å²) in [4.78, 5) is 25.9. The zero-order valence-corrected chi connectivity index (χ0v) is 20.5. The summed E-state index contributed by atoms with van der Waals surface area (Å²) in [7, 11) is -2.99. The number of aryl methyl sites for hydroxylation is 1. The smallest absolute Gasteiger partial charge is 0.337 e. The number of ether oxygens (including phenoxy) is 1. The van der Waals surface area contributed by atoms with Crippen LogP contribution in [0.25, 0.3) is 0 Å². The van der Waals surface area contributed by atoms with Crippen LogP contribution in [0.2, 0.25) is 5.02 Å². The molecule has 0 spiro atoms. The highest BCUT2D eigenvalue weighted by atomic mass is 35.5. The second-order valence-corrected chi connectivity index (χ2v) is 10.5. The first-order valence-electron chi connectivity index (χ1n) is 10.6. The van der Waals surface area contributed by atoms with Crippen LogP contribution in [0.15, 0.2) is 88.4 Å². The number of aliphatic hydroxyl groups is 1. The van der Waals surface area contributed by atoms with E-state index in [1.54, 1.807) is 48.5 Å². The third kappa shape index (κ3) is 4.67. The molecule has 1 atom stereocenters. The molecule has 3 aromatic carbocycles. The highest BCUT2D eigenvalue weighted by Gasteiger charge is 2.46. The molecule has 4 rings (SSSR count). The monoisotopic (exact) mass is 511 g/mol. The number of benzene rings is 3. The molecule has 9 heteroatoms. The second-order valence-electron chi connectivity index (χ2n) is 8.10. The number of hydrogen-bond donors (Lipinski definition) is 1. The summed E-state index contributed by atoms with van der Waals surface area (Å²) in [6, 6.07) is 17.9. The van der Waals surface area contributed by atoms with Gasteiger partial charge in [-0.05, 0) is 54.4 Å². The van der Waals surface area contributed by atoms with Crippen LogP contribution in [0, 0.1) is 6.92 Å². The molecule has 0 bridgehead atoms. The molecule has 0 fully saturated rings. The van der Waals surface area contributed by atoms with Gasteiger partial charge in [0.05, 0.1) is 23.6 Å². The first kappa shape index (κ1) is 24.5. The molecule has 0 radical (unpaired) electrons. The van der Waals surface area contributed by atoms with Gasteiger partial charge in [-0.2, -0.15) is 0 Å². The zero-order chi connectivity index (χ0) is 25.3. The average molecular weight is 512 g/mol. The third-order valence-electron chi connectivity index (χ3n) is 5.79. The van der Waals surface area contributed by atoms with Gasteiger partial charge in [-0.3, -0.25) is 4.79 Å². The summed E-state index contributed by atoms with van der Waals surface area (Å²) in [5.74, 6) is -2.20. The Labute approximate surface area is 208 Å². The van der Waals surface area contributed by atoms with Crippen molar-refractivity contribution in [3.63, 3.8) is 0 Å². The molecule has 1 aliphatic rings. The number of methoxy groups -OCH3 is 1. The number of amides is 1. The van der Waals surface area contributed by atoms with E-state index in [0.717, 1.165) is 5.56 Å². The van der Waals surface area contributed by atoms with Crippen molar-refractivity contribution in [2.45, 2.75) is 24.4 Å². The number of sulfone groups is 1. The lowest BCUT2D eigenvalue weighted by molar-refractivity contribution is -0.130. The van der Waals surface area contributed by atoms with E-state index in [1.807, 2.05) is 6.92 Å². The van der Waals surface area contributed by atoms with Gasteiger partial charge in [0.25, 0.3) is 5.91 Å². The molecule has 1 N–H and O–H groups in total. The Morgan fingerprint density at radius 2 is 1.60 bits per heavy atom. The van der Waals surface area contributed by atoms with E-state index < -0.39 is 38.4 Å². The second kappa shape index (κ2) is 9.56. The molecule has 35 heavy (non-hydrogen) atoms. The Kier molecular flexibility index (Phi) is 6.69. The molecular weight excluding hydrogens is 490 g/mol. The van der Waals surface area contributed by atoms with Gasteiger partial charge in [-0.25, -0.2) is 13.2 Å². The van der Waals surface area contributed by atoms with Gasteiger partial charge in [0.1, 0.15) is 4.91 Å². The van der Waals surface area contributed by atoms with Crippen LogP contribution in [0.4, 0.5) is 0 Å². The number of esters is 1. The summed E-state index contributed by atoms with van der Waals surface area (Å²) in [6.07, 6.45) is 0. The van der Waals surface area contributed by atoms with Gasteiger partial charge >= 0.3 is 5.97 Å². The zero-order valence-electron chi connectivity index (χ0n) is 18.9. The minimum atomic E-state index is -4.24. The maximum Gasteiger partial charge on any atom is 0.337 e. The van der Waals surface area contributed by atoms with Gasteiger partial charge in [0.15, 0.2) is 5.76 Å². The SMILES string of the molecule is COC(=O)c1ccc([C@@H]2C(S(=O)(=O)c3ccc(C)cc3)=C(O)C(=O)N2Cc2ccc(Cl)cc2)cc1. The normalized spacial score (nSPS) is 16.0. The van der Waals surface area contributed by atoms with Crippen LogP contribution in [-0.4, -0.2) is 37.4 Å². The molecule has 1 aliphatic heterocycles. The van der Waals surface area contributed by atoms with E-state index in [0.29, 0.717) is 16.1 Å². The number of carbonyl (C=O) groups excluding carboxylic acids is 2. The molecule has 0 aliphatic carbocycles. The number of halogens is 1. The molecule has 3 aromatic rings. The molecule has 1 amide bonds. The molecule has 7 nitrogen and oxygen atoms in total. The highest BCUT2D eigenvalue weighted by Crippen LogP contribution is 2.43. The van der Waals surface area contributed by atoms with Crippen LogP contribution in [0.5, 0.6) is 0 Å². The van der Waals surface area contributed by atoms with Crippen LogP contribution in [0.1, 0.15) is 33.1 Å². The van der Waals surface area contributed by atoms with Crippen LogP contribution < -0.4 is 0 Å². The largest absolute Gasteiger partial charge is 0.502 e. The lowest BCUT2D eigenvalue weighted by Crippen LogP contribution is -2.30. The van der Waals surface area contributed by atoms with Gasteiger partial charge in [-0.15, -0.1) is 0 Å². The minimum absolute atomic E-state index is 0.0242. The van der Waals surface area contributed by atoms with Gasteiger partial charge < -0.3 is 14.7 Å². The maximum absolute atomic E-state index is 13.7. The quantitative estimate of drug-likeness (QED) is 0.479. The predicted molar refractivity (Wildman–Crippen MR) is 131 cm³/mol. The third-order valence-corrected chi connectivity index (χ3v) is 7.93. The van der Waals surface area contributed by atoms with E-state index in [9.17, 15) is 23.1 Å². The molecular formula is C26H22ClNO6S. The van der Waals surface area contributed by atoms with E-state index >= 15 is 0 Å². The summed E-state index contributed by atoms with van der Waals surface area (Å²) in [6.45, 7) is 1.85.